The summed E-state index contributed by atoms with van der Waals surface area (Å²) in [6.45, 7) is -0.293. The minimum absolute atomic E-state index is 0.0358. The van der Waals surface area contributed by atoms with Crippen molar-refractivity contribution >= 4 is 5.97 Å². The Hall–Kier alpha value is -2.56. The summed E-state index contributed by atoms with van der Waals surface area (Å²) in [4.78, 5) is 12.3. The molecule has 3 rings (SSSR count). The van der Waals surface area contributed by atoms with E-state index >= 15 is 0 Å². The molecule has 0 spiro atoms. The van der Waals surface area contributed by atoms with Crippen molar-refractivity contribution in [1.82, 2.24) is 0 Å². The number of halogens is 1. The van der Waals surface area contributed by atoms with Crippen LogP contribution in [0, 0.1) is 5.82 Å². The molecule has 3 N–H and O–H groups in total. The summed E-state index contributed by atoms with van der Waals surface area (Å²) >= 11 is 0. The summed E-state index contributed by atoms with van der Waals surface area (Å²) < 4.78 is 34.8. The third kappa shape index (κ3) is 5.13. The third-order valence-electron chi connectivity index (χ3n) is 4.68. The Balaban J connectivity index is 1.61. The summed E-state index contributed by atoms with van der Waals surface area (Å²) in [6, 6.07) is 12.7. The van der Waals surface area contributed by atoms with Gasteiger partial charge in [0, 0.05) is 7.11 Å². The Morgan fingerprint density at radius 3 is 2.50 bits per heavy atom. The number of esters is 1. The van der Waals surface area contributed by atoms with Gasteiger partial charge < -0.3 is 34.3 Å². The second-order valence-electron chi connectivity index (χ2n) is 6.77. The topological polar surface area (TPSA) is 115 Å². The van der Waals surface area contributed by atoms with Crippen LogP contribution < -0.4 is 4.74 Å². The molecule has 0 unspecified atom stereocenters. The van der Waals surface area contributed by atoms with Gasteiger partial charge in [-0.25, -0.2) is 9.18 Å². The zero-order valence-electron chi connectivity index (χ0n) is 16.2. The lowest BCUT2D eigenvalue weighted by molar-refractivity contribution is -0.294. The highest BCUT2D eigenvalue weighted by molar-refractivity contribution is 5.89. The molecule has 1 heterocycles. The number of carbonyl (C=O) groups excluding carboxylic acids is 1. The van der Waals surface area contributed by atoms with E-state index in [-0.39, 0.29) is 17.9 Å². The highest BCUT2D eigenvalue weighted by Crippen LogP contribution is 2.23. The molecule has 30 heavy (non-hydrogen) atoms. The lowest BCUT2D eigenvalue weighted by Gasteiger charge is -2.39. The molecule has 1 fully saturated rings. The SMILES string of the molecule is CO[C@@H]1O[C@H](COC(=O)c2ccc(F)c(OCc3ccccc3)c2)[C@@H](O)[C@H](O)[C@H]1O. The Labute approximate surface area is 172 Å². The molecule has 0 amide bonds. The van der Waals surface area contributed by atoms with E-state index in [2.05, 4.69) is 0 Å². The highest BCUT2D eigenvalue weighted by Gasteiger charge is 2.44. The van der Waals surface area contributed by atoms with Gasteiger partial charge in [0.2, 0.25) is 0 Å². The van der Waals surface area contributed by atoms with Crippen LogP contribution in [0.3, 0.4) is 0 Å². The van der Waals surface area contributed by atoms with Gasteiger partial charge in [-0.3, -0.25) is 0 Å². The molecule has 9 heteroatoms. The summed E-state index contributed by atoms with van der Waals surface area (Å²) in [5.74, 6) is -1.54. The van der Waals surface area contributed by atoms with Gasteiger partial charge in [0.15, 0.2) is 17.9 Å². The van der Waals surface area contributed by atoms with Crippen LogP contribution in [0.25, 0.3) is 0 Å². The monoisotopic (exact) mass is 422 g/mol. The maximum Gasteiger partial charge on any atom is 0.338 e. The van der Waals surface area contributed by atoms with Gasteiger partial charge in [-0.15, -0.1) is 0 Å². The molecule has 2 aromatic rings. The fourth-order valence-corrected chi connectivity index (χ4v) is 2.97. The minimum atomic E-state index is -1.53. The van der Waals surface area contributed by atoms with Crippen LogP contribution in [0.1, 0.15) is 15.9 Å². The van der Waals surface area contributed by atoms with Gasteiger partial charge >= 0.3 is 5.97 Å². The van der Waals surface area contributed by atoms with E-state index in [9.17, 15) is 24.5 Å². The minimum Gasteiger partial charge on any atom is -0.486 e. The average molecular weight is 422 g/mol. The first-order valence-electron chi connectivity index (χ1n) is 9.26. The van der Waals surface area contributed by atoms with Gasteiger partial charge in [-0.2, -0.15) is 0 Å². The molecule has 1 aliphatic rings. The fraction of sp³-hybridized carbons (Fsp3) is 0.381. The van der Waals surface area contributed by atoms with Crippen molar-refractivity contribution in [1.29, 1.82) is 0 Å². The van der Waals surface area contributed by atoms with Crippen molar-refractivity contribution in [2.24, 2.45) is 0 Å². The molecule has 8 nitrogen and oxygen atoms in total. The van der Waals surface area contributed by atoms with Crippen LogP contribution in [0.15, 0.2) is 48.5 Å². The summed E-state index contributed by atoms with van der Waals surface area (Å²) in [7, 11) is 1.26. The fourth-order valence-electron chi connectivity index (χ4n) is 2.97. The smallest absolute Gasteiger partial charge is 0.338 e. The van der Waals surface area contributed by atoms with Gasteiger partial charge in [-0.1, -0.05) is 30.3 Å². The van der Waals surface area contributed by atoms with Crippen molar-refractivity contribution in [3.63, 3.8) is 0 Å². The van der Waals surface area contributed by atoms with Crippen LogP contribution in [0.5, 0.6) is 5.75 Å². The first kappa shape index (κ1) is 22.1. The first-order chi connectivity index (χ1) is 14.4. The number of methoxy groups -OCH3 is 1. The molecular weight excluding hydrogens is 399 g/mol. The maximum absolute atomic E-state index is 14.0. The van der Waals surface area contributed by atoms with Crippen LogP contribution in [-0.4, -0.2) is 65.7 Å². The van der Waals surface area contributed by atoms with Gasteiger partial charge in [0.05, 0.1) is 5.56 Å². The van der Waals surface area contributed by atoms with Crippen molar-refractivity contribution < 1.29 is 43.5 Å². The molecule has 0 aliphatic carbocycles. The molecule has 0 saturated carbocycles. The number of rotatable bonds is 7. The predicted octanol–water partition coefficient (Wildman–Crippen LogP) is 1.02. The Morgan fingerprint density at radius 2 is 1.80 bits per heavy atom. The molecule has 0 bridgehead atoms. The molecule has 2 aromatic carbocycles. The van der Waals surface area contributed by atoms with Crippen LogP contribution in [-0.2, 0) is 20.8 Å². The number of hydrogen-bond acceptors (Lipinski definition) is 8. The number of aliphatic hydroxyl groups excluding tert-OH is 3. The van der Waals surface area contributed by atoms with Gasteiger partial charge in [-0.05, 0) is 23.8 Å². The third-order valence-corrected chi connectivity index (χ3v) is 4.68. The summed E-state index contributed by atoms with van der Waals surface area (Å²) in [5, 5.41) is 29.6. The van der Waals surface area contributed by atoms with E-state index in [1.807, 2.05) is 30.3 Å². The summed E-state index contributed by atoms with van der Waals surface area (Å²) in [6.07, 6.45) is -6.77. The summed E-state index contributed by atoms with van der Waals surface area (Å²) in [5.41, 5.74) is 0.871. The van der Waals surface area contributed by atoms with E-state index in [1.54, 1.807) is 0 Å². The average Bonchev–Trinajstić information content (AvgIpc) is 2.77. The molecule has 162 valence electrons. The van der Waals surface area contributed by atoms with E-state index in [0.29, 0.717) is 0 Å². The Bertz CT molecular complexity index is 844. The van der Waals surface area contributed by atoms with Crippen molar-refractivity contribution in [3.05, 3.63) is 65.5 Å². The van der Waals surface area contributed by atoms with Crippen LogP contribution in [0.4, 0.5) is 4.39 Å². The second kappa shape index (κ2) is 9.96. The number of ether oxygens (including phenoxy) is 4. The molecule has 0 aromatic heterocycles. The zero-order valence-corrected chi connectivity index (χ0v) is 16.2. The van der Waals surface area contributed by atoms with E-state index in [1.165, 1.54) is 19.2 Å². The number of aliphatic hydroxyl groups is 3. The second-order valence-corrected chi connectivity index (χ2v) is 6.77. The largest absolute Gasteiger partial charge is 0.486 e. The Morgan fingerprint density at radius 1 is 1.07 bits per heavy atom. The van der Waals surface area contributed by atoms with Crippen LogP contribution in [0.2, 0.25) is 0 Å². The first-order valence-corrected chi connectivity index (χ1v) is 9.26. The van der Waals surface area contributed by atoms with Crippen molar-refractivity contribution in [2.45, 2.75) is 37.3 Å². The molecular formula is C21H23FO8. The lowest BCUT2D eigenvalue weighted by Crippen LogP contribution is -2.59. The lowest BCUT2D eigenvalue weighted by atomic mass is 9.99. The van der Waals surface area contributed by atoms with Gasteiger partial charge in [0.25, 0.3) is 0 Å². The molecule has 1 saturated heterocycles. The quantitative estimate of drug-likeness (QED) is 0.567. The van der Waals surface area contributed by atoms with Gasteiger partial charge in [0.1, 0.15) is 37.6 Å². The number of benzene rings is 2. The molecule has 0 radical (unpaired) electrons. The highest BCUT2D eigenvalue weighted by atomic mass is 19.1. The standard InChI is InChI=1S/C21H23FO8/c1-27-21-19(25)18(24)17(23)16(30-21)11-29-20(26)13-7-8-14(22)15(9-13)28-10-12-5-3-2-4-6-12/h2-9,16-19,21,23-25H,10-11H2,1H3/t16-,17-,18+,19-,21-/m1/s1. The van der Waals surface area contributed by atoms with Crippen LogP contribution >= 0.6 is 0 Å². The van der Waals surface area contributed by atoms with Crippen molar-refractivity contribution in [2.75, 3.05) is 13.7 Å². The maximum atomic E-state index is 14.0. The Kier molecular flexibility index (Phi) is 7.35. The van der Waals surface area contributed by atoms with E-state index < -0.39 is 49.1 Å². The molecule has 5 atom stereocenters. The van der Waals surface area contributed by atoms with Crippen molar-refractivity contribution in [3.8, 4) is 5.75 Å². The predicted molar refractivity (Wildman–Crippen MR) is 101 cm³/mol. The number of carbonyl (C=O) groups is 1. The zero-order chi connectivity index (χ0) is 21.7. The number of hydrogen-bond donors (Lipinski definition) is 3. The molecule has 1 aliphatic heterocycles. The normalized spacial score (nSPS) is 26.2. The van der Waals surface area contributed by atoms with E-state index in [0.717, 1.165) is 11.6 Å². The van der Waals surface area contributed by atoms with E-state index in [4.69, 9.17) is 18.9 Å².